The second-order valence-electron chi connectivity index (χ2n) is 18.7. The van der Waals surface area contributed by atoms with Crippen molar-refractivity contribution in [2.24, 2.45) is 32.9 Å². The first kappa shape index (κ1) is 57.3. The summed E-state index contributed by atoms with van der Waals surface area (Å²) < 4.78 is 0. The number of guanidine groups is 2. The Balaban J connectivity index is 1.37. The number of benzene rings is 3. The summed E-state index contributed by atoms with van der Waals surface area (Å²) in [6, 6.07) is 12.7. The molecule has 6 atom stereocenters. The van der Waals surface area contributed by atoms with E-state index < -0.39 is 83.5 Å². The van der Waals surface area contributed by atoms with E-state index in [1.807, 2.05) is 60.7 Å². The van der Waals surface area contributed by atoms with Crippen LogP contribution >= 0.6 is 0 Å². The van der Waals surface area contributed by atoms with Crippen LogP contribution in [-0.2, 0) is 57.6 Å². The summed E-state index contributed by atoms with van der Waals surface area (Å²) in [5.74, 6) is -5.85. The fourth-order valence-electron chi connectivity index (χ4n) is 8.80. The molecule has 6 rings (SSSR count). The van der Waals surface area contributed by atoms with Gasteiger partial charge in [-0.2, -0.15) is 0 Å². The Morgan fingerprint density at radius 3 is 2.05 bits per heavy atom. The van der Waals surface area contributed by atoms with Crippen LogP contribution in [-0.4, -0.2) is 137 Å². The van der Waals surface area contributed by atoms with Crippen LogP contribution in [0.15, 0.2) is 95.4 Å². The highest BCUT2D eigenvalue weighted by molar-refractivity contribution is 5.98. The van der Waals surface area contributed by atoms with Crippen molar-refractivity contribution in [3.63, 3.8) is 0 Å². The molecule has 1 aliphatic rings. The van der Waals surface area contributed by atoms with Crippen molar-refractivity contribution in [2.45, 2.75) is 107 Å². The van der Waals surface area contributed by atoms with E-state index in [2.05, 4.69) is 67.5 Å². The predicted octanol–water partition coefficient (Wildman–Crippen LogP) is -1.48. The Kier molecular flexibility index (Phi) is 21.3. The third kappa shape index (κ3) is 18.1. The van der Waals surface area contributed by atoms with Gasteiger partial charge >= 0.3 is 0 Å². The molecule has 25 heteroatoms. The topological polar surface area (TPSA) is 406 Å². The van der Waals surface area contributed by atoms with Crippen LogP contribution < -0.4 is 65.5 Å². The van der Waals surface area contributed by atoms with Crippen molar-refractivity contribution in [1.29, 1.82) is 0 Å². The Morgan fingerprint density at radius 1 is 0.701 bits per heavy atom. The van der Waals surface area contributed by atoms with Gasteiger partial charge in [-0.05, 0) is 66.5 Å². The smallest absolute Gasteiger partial charge is 0.243 e. The summed E-state index contributed by atoms with van der Waals surface area (Å²) in [5.41, 5.74) is 24.8. The van der Waals surface area contributed by atoms with Gasteiger partial charge in [-0.25, -0.2) is 4.98 Å². The van der Waals surface area contributed by atoms with Gasteiger partial charge in [0.15, 0.2) is 11.9 Å². The lowest BCUT2D eigenvalue weighted by Gasteiger charge is -2.28. The van der Waals surface area contributed by atoms with Gasteiger partial charge in [0.05, 0.1) is 6.33 Å². The van der Waals surface area contributed by atoms with Crippen LogP contribution in [0.2, 0.25) is 0 Å². The summed E-state index contributed by atoms with van der Waals surface area (Å²) >= 11 is 0. The van der Waals surface area contributed by atoms with Gasteiger partial charge in [-0.1, -0.05) is 60.7 Å². The molecule has 25 nitrogen and oxygen atoms in total. The highest BCUT2D eigenvalue weighted by Gasteiger charge is 2.34. The lowest BCUT2D eigenvalue weighted by Crippen LogP contribution is -2.60. The maximum Gasteiger partial charge on any atom is 0.243 e. The molecule has 8 amide bonds. The minimum absolute atomic E-state index is 0.00318. The zero-order chi connectivity index (χ0) is 55.3. The van der Waals surface area contributed by atoms with E-state index in [0.29, 0.717) is 11.3 Å². The molecule has 0 bridgehead atoms. The Bertz CT molecular complexity index is 2910. The molecule has 1 fully saturated rings. The predicted molar refractivity (Wildman–Crippen MR) is 289 cm³/mol. The van der Waals surface area contributed by atoms with E-state index >= 15 is 0 Å². The second kappa shape index (κ2) is 28.6. The quantitative estimate of drug-likeness (QED) is 0.0288. The van der Waals surface area contributed by atoms with Crippen LogP contribution in [0.5, 0.6) is 0 Å². The van der Waals surface area contributed by atoms with Crippen LogP contribution in [0.4, 0.5) is 0 Å². The number of fused-ring (bicyclic) bond motifs is 2. The summed E-state index contributed by atoms with van der Waals surface area (Å²) in [4.78, 5) is 131. The van der Waals surface area contributed by atoms with Crippen molar-refractivity contribution in [3.8, 4) is 0 Å². The molecule has 1 aliphatic heterocycles. The summed E-state index contributed by atoms with van der Waals surface area (Å²) in [7, 11) is 0. The maximum absolute atomic E-state index is 14.9. The van der Waals surface area contributed by atoms with E-state index in [1.54, 1.807) is 12.3 Å². The number of para-hydroxylation sites is 1. The van der Waals surface area contributed by atoms with Gasteiger partial charge in [-0.3, -0.25) is 48.3 Å². The van der Waals surface area contributed by atoms with Crippen LogP contribution in [0.3, 0.4) is 0 Å². The van der Waals surface area contributed by atoms with Crippen LogP contribution in [0, 0.1) is 0 Å². The number of aliphatic imine (C=N–C) groups is 2. The number of hydrogen-bond acceptors (Lipinski definition) is 11. The fourth-order valence-corrected chi connectivity index (χ4v) is 8.80. The molecule has 18 N–H and O–H groups in total. The SMILES string of the molecule is CC(=O)N[C@H](CCCN=C(N)N)C(=O)N[C@H]1CCC(=O)NCCCNC(=O)[C@H](Cc2c[nH]c3ccccc23)NC(=O)[C@H](CCCN=C(N)N)NC(=O)[C@@H](Cc2ccc3ccccc3c2)NC(=O)[C@H](Cc2cnc[nH]2)NC1=O. The third-order valence-corrected chi connectivity index (χ3v) is 12.7. The number of H-pyrrole nitrogens is 2. The van der Waals surface area contributed by atoms with Crippen LogP contribution in [0.25, 0.3) is 21.7 Å². The first-order chi connectivity index (χ1) is 37.0. The molecular formula is C52H69N17O8. The number of nitrogens with two attached hydrogens (primary N) is 4. The summed E-state index contributed by atoms with van der Waals surface area (Å²) in [5, 5.41) is 24.7. The van der Waals surface area contributed by atoms with Crippen molar-refractivity contribution in [3.05, 3.63) is 102 Å². The van der Waals surface area contributed by atoms with Crippen molar-refractivity contribution in [2.75, 3.05) is 26.2 Å². The van der Waals surface area contributed by atoms with Gasteiger partial charge in [0.1, 0.15) is 36.3 Å². The first-order valence-corrected chi connectivity index (χ1v) is 25.5. The normalized spacial score (nSPS) is 19.8. The number of carbonyl (C=O) groups is 8. The van der Waals surface area contributed by atoms with Gasteiger partial charge in [0.25, 0.3) is 0 Å². The lowest BCUT2D eigenvalue weighted by molar-refractivity contribution is -0.135. The number of imidazole rings is 1. The van der Waals surface area contributed by atoms with E-state index in [-0.39, 0.29) is 102 Å². The summed E-state index contributed by atoms with van der Waals surface area (Å²) in [6.45, 7) is 1.64. The largest absolute Gasteiger partial charge is 0.370 e. The van der Waals surface area contributed by atoms with E-state index in [1.165, 1.54) is 19.4 Å². The zero-order valence-electron chi connectivity index (χ0n) is 42.9. The van der Waals surface area contributed by atoms with Gasteiger partial charge in [0, 0.05) is 87.8 Å². The highest BCUT2D eigenvalue weighted by Crippen LogP contribution is 2.21. The molecule has 410 valence electrons. The number of rotatable bonds is 17. The number of aromatic nitrogens is 3. The molecule has 0 spiro atoms. The molecule has 2 aromatic heterocycles. The number of aromatic amines is 2. The first-order valence-electron chi connectivity index (χ1n) is 25.5. The average molecular weight is 1060 g/mol. The minimum Gasteiger partial charge on any atom is -0.370 e. The number of nitrogens with zero attached hydrogens (tertiary/aromatic N) is 3. The Morgan fingerprint density at radius 2 is 1.34 bits per heavy atom. The van der Waals surface area contributed by atoms with Gasteiger partial charge < -0.3 is 75.4 Å². The fraction of sp³-hybridized carbons (Fsp3) is 0.404. The van der Waals surface area contributed by atoms with Crippen LogP contribution in [0.1, 0.15) is 68.7 Å². The van der Waals surface area contributed by atoms with E-state index in [0.717, 1.165) is 27.2 Å². The minimum atomic E-state index is -1.44. The van der Waals surface area contributed by atoms with E-state index in [4.69, 9.17) is 22.9 Å². The molecule has 0 unspecified atom stereocenters. The molecule has 0 radical (unpaired) electrons. The summed E-state index contributed by atoms with van der Waals surface area (Å²) in [6.07, 6.45) is 4.63. The lowest BCUT2D eigenvalue weighted by atomic mass is 9.99. The monoisotopic (exact) mass is 1060 g/mol. The third-order valence-electron chi connectivity index (χ3n) is 12.7. The highest BCUT2D eigenvalue weighted by atomic mass is 16.2. The number of amides is 8. The molecule has 77 heavy (non-hydrogen) atoms. The van der Waals surface area contributed by atoms with Gasteiger partial charge in [-0.15, -0.1) is 0 Å². The second-order valence-corrected chi connectivity index (χ2v) is 18.7. The number of carbonyl (C=O) groups excluding carboxylic acids is 8. The average Bonchev–Trinajstić information content (AvgIpc) is 4.08. The molecule has 0 aliphatic carbocycles. The zero-order valence-corrected chi connectivity index (χ0v) is 42.9. The van der Waals surface area contributed by atoms with Crippen molar-refractivity contribution in [1.82, 2.24) is 57.5 Å². The molecular weight excluding hydrogens is 991 g/mol. The molecule has 0 saturated carbocycles. The molecule has 1 saturated heterocycles. The van der Waals surface area contributed by atoms with Crippen molar-refractivity contribution < 1.29 is 38.4 Å². The maximum atomic E-state index is 14.9. The van der Waals surface area contributed by atoms with Crippen molar-refractivity contribution >= 4 is 80.9 Å². The van der Waals surface area contributed by atoms with E-state index in [9.17, 15) is 38.4 Å². The Labute approximate surface area is 444 Å². The Hall–Kier alpha value is -9.03. The molecule has 3 aromatic carbocycles. The van der Waals surface area contributed by atoms with Gasteiger partial charge in [0.2, 0.25) is 47.3 Å². The molecule has 3 heterocycles. The molecule has 5 aromatic rings. The number of nitrogens with one attached hydrogen (secondary N) is 10. The number of hydrogen-bond donors (Lipinski definition) is 14. The standard InChI is InChI=1S/C52H69N17O8/c1-30(70)64-38(13-6-19-60-51(53)54)46(73)66-40-17-18-44(71)58-21-8-22-59-45(72)42(25-34-27-62-37-12-5-4-11-36(34)37)68-47(74)39(14-7-20-61-52(55)56)65-49(76)41(24-31-15-16-32-9-2-3-10-33(32)23-31)67-50(77)43(69-48(40)75)26-35-28-57-29-63-35/h2-5,9-12,15-16,23,27-29,38-43,62H,6-8,13-14,17-22,24-26H2,1H3,(H,57,63)(H,58,71)(H,59,72)(H,64,70)(H,65,76)(H,66,73)(H,67,77)(H,68,74)(H,69,75)(H4,53,54,60)(H4,55,56,61)/t38-,39+,40+,41-,42+,43+/m1/s1.